The van der Waals surface area contributed by atoms with E-state index in [-0.39, 0.29) is 33.5 Å². The first-order chi connectivity index (χ1) is 17.0. The van der Waals surface area contributed by atoms with Gasteiger partial charge in [-0.2, -0.15) is 4.37 Å². The molecule has 0 unspecified atom stereocenters. The highest BCUT2D eigenvalue weighted by Gasteiger charge is 2.35. The second kappa shape index (κ2) is 11.9. The molecule has 1 aliphatic rings. The molecule has 9 heteroatoms. The fourth-order valence-corrected chi connectivity index (χ4v) is 5.31. The van der Waals surface area contributed by atoms with Crippen LogP contribution in [0.15, 0.2) is 54.6 Å². The molecule has 6 nitrogen and oxygen atoms in total. The Kier molecular flexibility index (Phi) is 8.65. The summed E-state index contributed by atoms with van der Waals surface area (Å²) in [6.45, 7) is 2.64. The summed E-state index contributed by atoms with van der Waals surface area (Å²) < 4.78 is 10.0. The van der Waals surface area contributed by atoms with Crippen molar-refractivity contribution in [1.29, 1.82) is 0 Å². The molecular formula is C26H27Cl2N3O3S. The number of carbonyl (C=O) groups is 2. The third-order valence-corrected chi connectivity index (χ3v) is 7.64. The van der Waals surface area contributed by atoms with Gasteiger partial charge in [0, 0.05) is 12.6 Å². The zero-order valence-corrected chi connectivity index (χ0v) is 21.7. The maximum atomic E-state index is 13.8. The zero-order valence-electron chi connectivity index (χ0n) is 19.4. The van der Waals surface area contributed by atoms with E-state index in [9.17, 15) is 9.59 Å². The summed E-state index contributed by atoms with van der Waals surface area (Å²) in [7, 11) is 0. The molecule has 0 spiro atoms. The zero-order chi connectivity index (χ0) is 24.8. The second-order valence-electron chi connectivity index (χ2n) is 8.43. The minimum absolute atomic E-state index is 0.0437. The molecule has 1 N–H and O–H groups in total. The Morgan fingerprint density at radius 3 is 2.40 bits per heavy atom. The van der Waals surface area contributed by atoms with Crippen LogP contribution in [0.4, 0.5) is 0 Å². The molecule has 35 heavy (non-hydrogen) atoms. The van der Waals surface area contributed by atoms with Crippen molar-refractivity contribution in [2.75, 3.05) is 6.61 Å². The molecule has 2 amide bonds. The SMILES string of the molecule is CCOc1ccc([C@@H](C(=O)NC2CCCC2)N(Cc2ccccc2)C(=O)c2nsc(Cl)c2Cl)cc1. The number of amides is 2. The number of hydrogen-bond donors (Lipinski definition) is 1. The Morgan fingerprint density at radius 1 is 1.11 bits per heavy atom. The fourth-order valence-electron chi connectivity index (χ4n) is 4.32. The maximum Gasteiger partial charge on any atom is 0.276 e. The number of ether oxygens (including phenoxy) is 1. The van der Waals surface area contributed by atoms with E-state index in [0.29, 0.717) is 17.9 Å². The number of nitrogens with one attached hydrogen (secondary N) is 1. The summed E-state index contributed by atoms with van der Waals surface area (Å²) in [6.07, 6.45) is 4.03. The number of nitrogens with zero attached hydrogens (tertiary/aromatic N) is 2. The lowest BCUT2D eigenvalue weighted by atomic mass is 10.0. The van der Waals surface area contributed by atoms with E-state index < -0.39 is 11.9 Å². The van der Waals surface area contributed by atoms with Gasteiger partial charge in [-0.15, -0.1) is 0 Å². The van der Waals surface area contributed by atoms with Gasteiger partial charge in [-0.3, -0.25) is 9.59 Å². The predicted octanol–water partition coefficient (Wildman–Crippen LogP) is 6.29. The molecule has 0 aliphatic heterocycles. The number of hydrogen-bond acceptors (Lipinski definition) is 5. The monoisotopic (exact) mass is 531 g/mol. The first-order valence-electron chi connectivity index (χ1n) is 11.7. The van der Waals surface area contributed by atoms with Gasteiger partial charge in [0.05, 0.1) is 6.61 Å². The Balaban J connectivity index is 1.76. The standard InChI is InChI=1S/C26H27Cl2N3O3S/c1-2-34-20-14-12-18(13-15-20)23(25(32)29-19-10-6-7-11-19)31(16-17-8-4-3-5-9-17)26(33)22-21(27)24(28)35-30-22/h3-5,8-9,12-15,19,23H,2,6-7,10-11,16H2,1H3,(H,29,32)/t23-/m0/s1. The molecule has 184 valence electrons. The van der Waals surface area contributed by atoms with Crippen molar-refractivity contribution in [1.82, 2.24) is 14.6 Å². The van der Waals surface area contributed by atoms with Crippen LogP contribution in [0.1, 0.15) is 60.3 Å². The van der Waals surface area contributed by atoms with E-state index in [1.165, 1.54) is 4.90 Å². The molecule has 4 rings (SSSR count). The van der Waals surface area contributed by atoms with Gasteiger partial charge in [-0.25, -0.2) is 0 Å². The van der Waals surface area contributed by atoms with Gasteiger partial charge in [0.2, 0.25) is 5.91 Å². The summed E-state index contributed by atoms with van der Waals surface area (Å²) in [6, 6.07) is 16.0. The first-order valence-corrected chi connectivity index (χ1v) is 13.2. The minimum Gasteiger partial charge on any atom is -0.494 e. The summed E-state index contributed by atoms with van der Waals surface area (Å²) in [4.78, 5) is 29.1. The number of carbonyl (C=O) groups excluding carboxylic acids is 2. The minimum atomic E-state index is -0.893. The number of halogens is 2. The van der Waals surface area contributed by atoms with Crippen molar-refractivity contribution in [2.45, 2.75) is 51.2 Å². The molecule has 1 fully saturated rings. The molecule has 1 heterocycles. The third-order valence-electron chi connectivity index (χ3n) is 6.03. The van der Waals surface area contributed by atoms with Crippen LogP contribution in [0.3, 0.4) is 0 Å². The van der Waals surface area contributed by atoms with E-state index in [1.807, 2.05) is 61.5 Å². The van der Waals surface area contributed by atoms with Crippen LogP contribution in [0.25, 0.3) is 0 Å². The number of benzene rings is 2. The van der Waals surface area contributed by atoms with Crippen molar-refractivity contribution >= 4 is 46.5 Å². The number of aromatic nitrogens is 1. The second-order valence-corrected chi connectivity index (χ2v) is 10.2. The summed E-state index contributed by atoms with van der Waals surface area (Å²) in [5, 5.41) is 3.27. The predicted molar refractivity (Wildman–Crippen MR) is 139 cm³/mol. The van der Waals surface area contributed by atoms with Crippen molar-refractivity contribution in [3.63, 3.8) is 0 Å². The Bertz CT molecular complexity index is 1150. The van der Waals surface area contributed by atoms with E-state index in [0.717, 1.165) is 42.8 Å². The lowest BCUT2D eigenvalue weighted by Crippen LogP contribution is -2.46. The van der Waals surface area contributed by atoms with Crippen molar-refractivity contribution in [3.05, 3.63) is 80.8 Å². The van der Waals surface area contributed by atoms with Crippen LogP contribution >= 0.6 is 34.7 Å². The van der Waals surface area contributed by atoms with Crippen LogP contribution in [0, 0.1) is 0 Å². The molecule has 0 radical (unpaired) electrons. The quantitative estimate of drug-likeness (QED) is 0.352. The van der Waals surface area contributed by atoms with Crippen LogP contribution in [-0.4, -0.2) is 33.7 Å². The topological polar surface area (TPSA) is 71.5 Å². The third kappa shape index (κ3) is 6.15. The molecule has 0 saturated heterocycles. The van der Waals surface area contributed by atoms with Gasteiger partial charge in [0.1, 0.15) is 21.2 Å². The Hall–Kier alpha value is -2.61. The van der Waals surface area contributed by atoms with Crippen molar-refractivity contribution in [3.8, 4) is 5.75 Å². The van der Waals surface area contributed by atoms with Gasteiger partial charge >= 0.3 is 0 Å². The lowest BCUT2D eigenvalue weighted by molar-refractivity contribution is -0.126. The average molecular weight is 532 g/mol. The van der Waals surface area contributed by atoms with Crippen LogP contribution in [0.5, 0.6) is 5.75 Å². The maximum absolute atomic E-state index is 13.8. The van der Waals surface area contributed by atoms with Gasteiger partial charge in [-0.05, 0) is 54.6 Å². The van der Waals surface area contributed by atoms with E-state index in [2.05, 4.69) is 9.69 Å². The molecular weight excluding hydrogens is 505 g/mol. The average Bonchev–Trinajstić information content (AvgIpc) is 3.50. The van der Waals surface area contributed by atoms with Crippen LogP contribution < -0.4 is 10.1 Å². The Morgan fingerprint density at radius 2 is 1.80 bits per heavy atom. The van der Waals surface area contributed by atoms with E-state index in [4.69, 9.17) is 27.9 Å². The molecule has 2 aromatic carbocycles. The summed E-state index contributed by atoms with van der Waals surface area (Å²) >= 11 is 13.4. The molecule has 1 aromatic heterocycles. The van der Waals surface area contributed by atoms with Gasteiger partial charge in [0.15, 0.2) is 5.69 Å². The largest absolute Gasteiger partial charge is 0.494 e. The summed E-state index contributed by atoms with van der Waals surface area (Å²) in [5.41, 5.74) is 1.59. The first kappa shape index (κ1) is 25.5. The molecule has 1 saturated carbocycles. The van der Waals surface area contributed by atoms with Crippen molar-refractivity contribution in [2.24, 2.45) is 0 Å². The molecule has 3 aromatic rings. The smallest absolute Gasteiger partial charge is 0.276 e. The van der Waals surface area contributed by atoms with E-state index >= 15 is 0 Å². The number of rotatable bonds is 9. The van der Waals surface area contributed by atoms with Gasteiger partial charge in [-0.1, -0.05) is 78.5 Å². The fraction of sp³-hybridized carbons (Fsp3) is 0.346. The lowest BCUT2D eigenvalue weighted by Gasteiger charge is -2.32. The van der Waals surface area contributed by atoms with Gasteiger partial charge in [0.25, 0.3) is 5.91 Å². The van der Waals surface area contributed by atoms with Crippen LogP contribution in [0.2, 0.25) is 9.36 Å². The highest BCUT2D eigenvalue weighted by atomic mass is 35.5. The van der Waals surface area contributed by atoms with E-state index in [1.54, 1.807) is 0 Å². The highest BCUT2D eigenvalue weighted by Crippen LogP contribution is 2.34. The molecule has 1 aliphatic carbocycles. The van der Waals surface area contributed by atoms with Crippen LogP contribution in [-0.2, 0) is 11.3 Å². The highest BCUT2D eigenvalue weighted by molar-refractivity contribution is 7.11. The molecule has 0 bridgehead atoms. The normalized spacial score (nSPS) is 14.5. The molecule has 1 atom stereocenters. The van der Waals surface area contributed by atoms with Crippen molar-refractivity contribution < 1.29 is 14.3 Å². The summed E-state index contributed by atoms with van der Waals surface area (Å²) in [5.74, 6) is 0.00622. The van der Waals surface area contributed by atoms with Gasteiger partial charge < -0.3 is 15.0 Å². The Labute approximate surface area is 219 Å².